The zero-order valence-corrected chi connectivity index (χ0v) is 29.7. The molecule has 1 heteroatoms. The van der Waals surface area contributed by atoms with Crippen molar-refractivity contribution in [3.8, 4) is 33.4 Å². The van der Waals surface area contributed by atoms with Crippen molar-refractivity contribution >= 4 is 17.1 Å². The predicted molar refractivity (Wildman–Crippen MR) is 207 cm³/mol. The van der Waals surface area contributed by atoms with Crippen LogP contribution in [0, 0.1) is 0 Å². The van der Waals surface area contributed by atoms with Crippen LogP contribution in [0.5, 0.6) is 0 Å². The molecule has 0 radical (unpaired) electrons. The molecule has 0 saturated carbocycles. The van der Waals surface area contributed by atoms with Crippen LogP contribution in [-0.4, -0.2) is 0 Å². The number of anilines is 3. The Balaban J connectivity index is 1.44. The second-order valence-corrected chi connectivity index (χ2v) is 15.9. The number of rotatable bonds is 5. The fourth-order valence-electron chi connectivity index (χ4n) is 7.50. The maximum Gasteiger partial charge on any atom is 0.0540 e. The fourth-order valence-corrected chi connectivity index (χ4v) is 7.50. The average Bonchev–Trinajstić information content (AvgIpc) is 3.31. The van der Waals surface area contributed by atoms with Gasteiger partial charge in [-0.1, -0.05) is 165 Å². The van der Waals surface area contributed by atoms with Gasteiger partial charge in [0.05, 0.1) is 5.69 Å². The Morgan fingerprint density at radius 3 is 1.65 bits per heavy atom. The Kier molecular flexibility index (Phi) is 7.71. The lowest BCUT2D eigenvalue weighted by Crippen LogP contribution is -2.25. The highest BCUT2D eigenvalue weighted by molar-refractivity contribution is 5.91. The van der Waals surface area contributed by atoms with Gasteiger partial charge in [-0.15, -0.1) is 0 Å². The molecular weight excluding hydrogens is 579 g/mol. The number of hydrogen-bond acceptors (Lipinski definition) is 1. The third-order valence-electron chi connectivity index (χ3n) is 10.1. The van der Waals surface area contributed by atoms with Gasteiger partial charge in [0.2, 0.25) is 0 Å². The van der Waals surface area contributed by atoms with Crippen LogP contribution in [0.25, 0.3) is 33.4 Å². The molecular formula is C47H47N. The number of nitrogens with zero attached hydrogens (tertiary/aromatic N) is 1. The van der Waals surface area contributed by atoms with Gasteiger partial charge >= 0.3 is 0 Å². The molecule has 0 aromatic heterocycles. The van der Waals surface area contributed by atoms with Crippen LogP contribution in [0.2, 0.25) is 0 Å². The molecule has 48 heavy (non-hydrogen) atoms. The van der Waals surface area contributed by atoms with Gasteiger partial charge in [0, 0.05) is 22.4 Å². The van der Waals surface area contributed by atoms with Gasteiger partial charge in [-0.3, -0.25) is 0 Å². The average molecular weight is 626 g/mol. The Hall–Kier alpha value is -4.88. The van der Waals surface area contributed by atoms with Crippen molar-refractivity contribution in [2.24, 2.45) is 0 Å². The molecule has 6 aromatic carbocycles. The number of fused-ring (bicyclic) bond motifs is 3. The van der Waals surface area contributed by atoms with Crippen molar-refractivity contribution < 1.29 is 0 Å². The van der Waals surface area contributed by atoms with E-state index in [1.165, 1.54) is 61.3 Å². The first-order valence-electron chi connectivity index (χ1n) is 17.3. The largest absolute Gasteiger partial charge is 0.310 e. The standard InChI is InChI=1S/C47H47N/c1-45(2,3)35-29-40-39-28-27-37(31-41(39)47(7,8)44(40)42(30-35)46(4,5)6)48(36-25-23-33(24-26-36)32-17-11-9-12-18-32)43-22-16-15-21-38(43)34-19-13-10-14-20-34/h9-31H,1-8H3. The van der Waals surface area contributed by atoms with E-state index in [4.69, 9.17) is 0 Å². The summed E-state index contributed by atoms with van der Waals surface area (Å²) in [4.78, 5) is 2.45. The molecule has 0 spiro atoms. The molecule has 240 valence electrons. The molecule has 0 bridgehead atoms. The van der Waals surface area contributed by atoms with Gasteiger partial charge in [-0.2, -0.15) is 0 Å². The van der Waals surface area contributed by atoms with E-state index in [1.54, 1.807) is 0 Å². The molecule has 1 aliphatic carbocycles. The Morgan fingerprint density at radius 1 is 0.458 bits per heavy atom. The lowest BCUT2D eigenvalue weighted by atomic mass is 9.71. The Morgan fingerprint density at radius 2 is 1.02 bits per heavy atom. The van der Waals surface area contributed by atoms with Crippen LogP contribution in [-0.2, 0) is 16.2 Å². The van der Waals surface area contributed by atoms with E-state index < -0.39 is 0 Å². The van der Waals surface area contributed by atoms with Crippen LogP contribution in [0.3, 0.4) is 0 Å². The molecule has 1 nitrogen and oxygen atoms in total. The molecule has 0 amide bonds. The van der Waals surface area contributed by atoms with Gasteiger partial charge in [0.15, 0.2) is 0 Å². The van der Waals surface area contributed by atoms with Crippen LogP contribution < -0.4 is 4.90 Å². The lowest BCUT2D eigenvalue weighted by molar-refractivity contribution is 0.545. The zero-order valence-electron chi connectivity index (χ0n) is 29.7. The summed E-state index contributed by atoms with van der Waals surface area (Å²) < 4.78 is 0. The highest BCUT2D eigenvalue weighted by atomic mass is 15.1. The van der Waals surface area contributed by atoms with E-state index in [1.807, 2.05) is 0 Å². The highest BCUT2D eigenvalue weighted by Gasteiger charge is 2.41. The molecule has 1 aliphatic rings. The third-order valence-corrected chi connectivity index (χ3v) is 10.1. The molecule has 0 fully saturated rings. The van der Waals surface area contributed by atoms with Crippen molar-refractivity contribution in [2.45, 2.75) is 71.6 Å². The first-order valence-corrected chi connectivity index (χ1v) is 17.3. The molecule has 0 heterocycles. The monoisotopic (exact) mass is 625 g/mol. The quantitative estimate of drug-likeness (QED) is 0.184. The van der Waals surface area contributed by atoms with E-state index in [9.17, 15) is 0 Å². The van der Waals surface area contributed by atoms with Gasteiger partial charge in [0.25, 0.3) is 0 Å². The van der Waals surface area contributed by atoms with E-state index >= 15 is 0 Å². The molecule has 0 atom stereocenters. The second kappa shape index (κ2) is 11.7. The smallest absolute Gasteiger partial charge is 0.0540 e. The molecule has 7 rings (SSSR count). The summed E-state index contributed by atoms with van der Waals surface area (Å²) in [7, 11) is 0. The minimum Gasteiger partial charge on any atom is -0.310 e. The summed E-state index contributed by atoms with van der Waals surface area (Å²) in [5.74, 6) is 0. The van der Waals surface area contributed by atoms with Crippen LogP contribution in [0.1, 0.15) is 77.6 Å². The third kappa shape index (κ3) is 5.56. The minimum absolute atomic E-state index is 0.0225. The summed E-state index contributed by atoms with van der Waals surface area (Å²) in [5, 5.41) is 0. The second-order valence-electron chi connectivity index (χ2n) is 15.9. The van der Waals surface area contributed by atoms with Crippen molar-refractivity contribution in [3.05, 3.63) is 162 Å². The number of benzene rings is 6. The topological polar surface area (TPSA) is 3.24 Å². The maximum absolute atomic E-state index is 2.49. The lowest BCUT2D eigenvalue weighted by Gasteiger charge is -2.33. The van der Waals surface area contributed by atoms with Crippen molar-refractivity contribution in [1.29, 1.82) is 0 Å². The molecule has 0 saturated heterocycles. The van der Waals surface area contributed by atoms with Crippen molar-refractivity contribution in [2.75, 3.05) is 4.90 Å². The van der Waals surface area contributed by atoms with E-state index in [2.05, 4.69) is 200 Å². The Labute approximate surface area is 287 Å². The van der Waals surface area contributed by atoms with Crippen LogP contribution in [0.15, 0.2) is 140 Å². The summed E-state index contributed by atoms with van der Waals surface area (Å²) in [6, 6.07) is 51.4. The molecule has 0 N–H and O–H groups in total. The SMILES string of the molecule is CC(C)(C)c1cc2c(c(C(C)(C)C)c1)C(C)(C)c1cc(N(c3ccc(-c4ccccc4)cc3)c3ccccc3-c3ccccc3)ccc1-2. The Bertz CT molecular complexity index is 2090. The summed E-state index contributed by atoms with van der Waals surface area (Å²) in [6.07, 6.45) is 0. The van der Waals surface area contributed by atoms with E-state index in [0.29, 0.717) is 0 Å². The molecule has 6 aromatic rings. The van der Waals surface area contributed by atoms with E-state index in [-0.39, 0.29) is 16.2 Å². The van der Waals surface area contributed by atoms with Crippen LogP contribution >= 0.6 is 0 Å². The summed E-state index contributed by atoms with van der Waals surface area (Å²) >= 11 is 0. The van der Waals surface area contributed by atoms with Gasteiger partial charge < -0.3 is 4.90 Å². The minimum atomic E-state index is -0.151. The van der Waals surface area contributed by atoms with Crippen molar-refractivity contribution in [1.82, 2.24) is 0 Å². The van der Waals surface area contributed by atoms with Crippen LogP contribution in [0.4, 0.5) is 17.1 Å². The molecule has 0 aliphatic heterocycles. The fraction of sp³-hybridized carbons (Fsp3) is 0.234. The number of para-hydroxylation sites is 1. The first-order chi connectivity index (χ1) is 22.8. The van der Waals surface area contributed by atoms with Gasteiger partial charge in [-0.25, -0.2) is 0 Å². The van der Waals surface area contributed by atoms with E-state index in [0.717, 1.165) is 11.4 Å². The maximum atomic E-state index is 2.49. The number of hydrogen-bond donors (Lipinski definition) is 0. The molecule has 0 unspecified atom stereocenters. The zero-order chi connectivity index (χ0) is 33.8. The first kappa shape index (κ1) is 31.7. The normalized spacial score (nSPS) is 13.6. The summed E-state index contributed by atoms with van der Waals surface area (Å²) in [5.41, 5.74) is 16.7. The van der Waals surface area contributed by atoms with Gasteiger partial charge in [0.1, 0.15) is 0 Å². The highest BCUT2D eigenvalue weighted by Crippen LogP contribution is 2.55. The summed E-state index contributed by atoms with van der Waals surface area (Å²) in [6.45, 7) is 18.9. The van der Waals surface area contributed by atoms with Gasteiger partial charge in [-0.05, 0) is 91.2 Å². The van der Waals surface area contributed by atoms with Crippen molar-refractivity contribution in [3.63, 3.8) is 0 Å². The predicted octanol–water partition coefficient (Wildman–Crippen LogP) is 13.4.